The van der Waals surface area contributed by atoms with Crippen molar-refractivity contribution in [3.63, 3.8) is 0 Å². The molecule has 3 unspecified atom stereocenters. The van der Waals surface area contributed by atoms with E-state index < -0.39 is 5.97 Å². The van der Waals surface area contributed by atoms with E-state index in [9.17, 15) is 4.79 Å². The van der Waals surface area contributed by atoms with Gasteiger partial charge in [-0.05, 0) is 12.8 Å². The van der Waals surface area contributed by atoms with Gasteiger partial charge in [-0.25, -0.2) is 0 Å². The maximum Gasteiger partial charge on any atom is 0.308 e. The molecule has 0 bridgehead atoms. The number of hydrogen-bond donors (Lipinski definition) is 2. The number of carboxylic acid groups (broad SMARTS) is 1. The average Bonchev–Trinajstić information content (AvgIpc) is 2.74. The van der Waals surface area contributed by atoms with Gasteiger partial charge in [-0.1, -0.05) is 0 Å². The molecule has 0 aliphatic carbocycles. The van der Waals surface area contributed by atoms with Crippen molar-refractivity contribution < 1.29 is 14.6 Å². The Morgan fingerprint density at radius 3 is 2.79 bits per heavy atom. The SMILES string of the molecule is Cl.O=C(O)C1CNCC1C1CCCO1. The van der Waals surface area contributed by atoms with Crippen molar-refractivity contribution >= 4 is 18.4 Å². The van der Waals surface area contributed by atoms with Gasteiger partial charge in [0, 0.05) is 25.6 Å². The van der Waals surface area contributed by atoms with Gasteiger partial charge < -0.3 is 15.2 Å². The molecule has 2 aliphatic rings. The third-order valence-electron chi connectivity index (χ3n) is 3.02. The molecule has 0 spiro atoms. The summed E-state index contributed by atoms with van der Waals surface area (Å²) in [5, 5.41) is 12.1. The number of ether oxygens (including phenoxy) is 1. The van der Waals surface area contributed by atoms with E-state index >= 15 is 0 Å². The quantitative estimate of drug-likeness (QED) is 0.714. The molecule has 82 valence electrons. The Labute approximate surface area is 89.4 Å². The number of nitrogens with one attached hydrogen (secondary N) is 1. The third kappa shape index (κ3) is 2.19. The van der Waals surface area contributed by atoms with Gasteiger partial charge in [0.25, 0.3) is 0 Å². The molecule has 3 atom stereocenters. The number of halogens is 1. The zero-order valence-corrected chi connectivity index (χ0v) is 8.76. The lowest BCUT2D eigenvalue weighted by molar-refractivity contribution is -0.143. The molecule has 2 rings (SSSR count). The normalized spacial score (nSPS) is 36.7. The molecule has 0 amide bonds. The summed E-state index contributed by atoms with van der Waals surface area (Å²) in [5.41, 5.74) is 0. The van der Waals surface area contributed by atoms with Crippen molar-refractivity contribution in [3.8, 4) is 0 Å². The van der Waals surface area contributed by atoms with E-state index in [1.54, 1.807) is 0 Å². The Kier molecular flexibility index (Phi) is 4.16. The van der Waals surface area contributed by atoms with E-state index in [1.165, 1.54) is 0 Å². The minimum atomic E-state index is -0.689. The van der Waals surface area contributed by atoms with E-state index in [0.717, 1.165) is 26.0 Å². The van der Waals surface area contributed by atoms with Crippen LogP contribution < -0.4 is 5.32 Å². The number of rotatable bonds is 2. The molecule has 2 N–H and O–H groups in total. The Morgan fingerprint density at radius 1 is 1.43 bits per heavy atom. The monoisotopic (exact) mass is 221 g/mol. The predicted octanol–water partition coefficient (Wildman–Crippen LogP) is 0.507. The largest absolute Gasteiger partial charge is 0.481 e. The van der Waals surface area contributed by atoms with E-state index in [0.29, 0.717) is 6.54 Å². The fourth-order valence-electron chi connectivity index (χ4n) is 2.30. The van der Waals surface area contributed by atoms with Gasteiger partial charge in [-0.2, -0.15) is 0 Å². The first-order valence-corrected chi connectivity index (χ1v) is 4.84. The van der Waals surface area contributed by atoms with Crippen molar-refractivity contribution in [2.75, 3.05) is 19.7 Å². The van der Waals surface area contributed by atoms with Crippen molar-refractivity contribution in [1.29, 1.82) is 0 Å². The molecule has 0 aromatic carbocycles. The molecule has 4 nitrogen and oxygen atoms in total. The summed E-state index contributed by atoms with van der Waals surface area (Å²) in [4.78, 5) is 10.9. The molecule has 0 saturated carbocycles. The highest BCUT2D eigenvalue weighted by molar-refractivity contribution is 5.85. The van der Waals surface area contributed by atoms with Crippen LogP contribution in [0.5, 0.6) is 0 Å². The second-order valence-electron chi connectivity index (χ2n) is 3.82. The Hall–Kier alpha value is -0.320. The number of aliphatic carboxylic acids is 1. The van der Waals surface area contributed by atoms with Crippen LogP contribution in [0.3, 0.4) is 0 Å². The van der Waals surface area contributed by atoms with Gasteiger partial charge in [-0.15, -0.1) is 12.4 Å². The Bertz CT molecular complexity index is 206. The molecule has 5 heteroatoms. The summed E-state index contributed by atoms with van der Waals surface area (Å²) in [6.45, 7) is 2.19. The highest BCUT2D eigenvalue weighted by atomic mass is 35.5. The summed E-state index contributed by atoms with van der Waals surface area (Å²) in [7, 11) is 0. The summed E-state index contributed by atoms with van der Waals surface area (Å²) in [5.74, 6) is -0.756. The second-order valence-corrected chi connectivity index (χ2v) is 3.82. The molecule has 2 fully saturated rings. The van der Waals surface area contributed by atoms with Crippen LogP contribution >= 0.6 is 12.4 Å². The number of carboxylic acids is 1. The maximum absolute atomic E-state index is 10.9. The van der Waals surface area contributed by atoms with Gasteiger partial charge >= 0.3 is 5.97 Å². The van der Waals surface area contributed by atoms with Crippen LogP contribution in [0.25, 0.3) is 0 Å². The molecule has 0 radical (unpaired) electrons. The fourth-order valence-corrected chi connectivity index (χ4v) is 2.30. The fraction of sp³-hybridized carbons (Fsp3) is 0.889. The first-order chi connectivity index (χ1) is 6.29. The van der Waals surface area contributed by atoms with Crippen LogP contribution in [0.1, 0.15) is 12.8 Å². The maximum atomic E-state index is 10.9. The molecule has 2 aliphatic heterocycles. The summed E-state index contributed by atoms with van der Waals surface area (Å²) in [6, 6.07) is 0. The molecule has 2 saturated heterocycles. The van der Waals surface area contributed by atoms with Crippen LogP contribution in [-0.4, -0.2) is 36.9 Å². The number of hydrogen-bond acceptors (Lipinski definition) is 3. The van der Waals surface area contributed by atoms with Crippen LogP contribution in [-0.2, 0) is 9.53 Å². The van der Waals surface area contributed by atoms with Crippen LogP contribution in [0.15, 0.2) is 0 Å². The third-order valence-corrected chi connectivity index (χ3v) is 3.02. The Morgan fingerprint density at radius 2 is 2.21 bits per heavy atom. The van der Waals surface area contributed by atoms with Gasteiger partial charge in [-0.3, -0.25) is 4.79 Å². The van der Waals surface area contributed by atoms with E-state index in [4.69, 9.17) is 9.84 Å². The average molecular weight is 222 g/mol. The van der Waals surface area contributed by atoms with Gasteiger partial charge in [0.05, 0.1) is 12.0 Å². The highest BCUT2D eigenvalue weighted by Gasteiger charge is 2.39. The minimum absolute atomic E-state index is 0. The predicted molar refractivity (Wildman–Crippen MR) is 53.7 cm³/mol. The van der Waals surface area contributed by atoms with Gasteiger partial charge in [0.1, 0.15) is 0 Å². The second kappa shape index (κ2) is 4.96. The summed E-state index contributed by atoms with van der Waals surface area (Å²) >= 11 is 0. The lowest BCUT2D eigenvalue weighted by Gasteiger charge is -2.20. The smallest absolute Gasteiger partial charge is 0.308 e. The molecule has 0 aromatic rings. The first kappa shape index (κ1) is 11.8. The zero-order chi connectivity index (χ0) is 9.26. The lowest BCUT2D eigenvalue weighted by atomic mass is 9.89. The molecule has 0 aromatic heterocycles. The van der Waals surface area contributed by atoms with E-state index in [2.05, 4.69) is 5.32 Å². The van der Waals surface area contributed by atoms with Crippen LogP contribution in [0.2, 0.25) is 0 Å². The van der Waals surface area contributed by atoms with Crippen LogP contribution in [0.4, 0.5) is 0 Å². The lowest BCUT2D eigenvalue weighted by Crippen LogP contribution is -2.31. The van der Waals surface area contributed by atoms with Gasteiger partial charge in [0.15, 0.2) is 0 Å². The molecule has 2 heterocycles. The van der Waals surface area contributed by atoms with Crippen molar-refractivity contribution in [2.24, 2.45) is 11.8 Å². The molecular formula is C9H16ClNO3. The van der Waals surface area contributed by atoms with Crippen molar-refractivity contribution in [3.05, 3.63) is 0 Å². The topological polar surface area (TPSA) is 58.6 Å². The Balaban J connectivity index is 0.000000980. The number of carbonyl (C=O) groups is 1. The van der Waals surface area contributed by atoms with Gasteiger partial charge in [0.2, 0.25) is 0 Å². The minimum Gasteiger partial charge on any atom is -0.481 e. The summed E-state index contributed by atoms with van der Waals surface area (Å²) in [6.07, 6.45) is 2.28. The first-order valence-electron chi connectivity index (χ1n) is 4.84. The van der Waals surface area contributed by atoms with Crippen molar-refractivity contribution in [1.82, 2.24) is 5.32 Å². The molecular weight excluding hydrogens is 206 g/mol. The van der Waals surface area contributed by atoms with Crippen LogP contribution in [0, 0.1) is 11.8 Å². The van der Waals surface area contributed by atoms with E-state index in [-0.39, 0.29) is 30.3 Å². The molecule has 14 heavy (non-hydrogen) atoms. The highest BCUT2D eigenvalue weighted by Crippen LogP contribution is 2.28. The van der Waals surface area contributed by atoms with E-state index in [1.807, 2.05) is 0 Å². The van der Waals surface area contributed by atoms with Crippen molar-refractivity contribution in [2.45, 2.75) is 18.9 Å². The summed E-state index contributed by atoms with van der Waals surface area (Å²) < 4.78 is 5.51. The standard InChI is InChI=1S/C9H15NO3.ClH/c11-9(12)7-5-10-4-6(7)8-2-1-3-13-8;/h6-8,10H,1-5H2,(H,11,12);1H. The zero-order valence-electron chi connectivity index (χ0n) is 7.94.